The monoisotopic (exact) mass is 487 g/mol. The highest BCUT2D eigenvalue weighted by Gasteiger charge is 2.33. The predicted molar refractivity (Wildman–Crippen MR) is 111 cm³/mol. The number of carbonyl (C=O) groups is 2. The Morgan fingerprint density at radius 1 is 1.12 bits per heavy atom. The van der Waals surface area contributed by atoms with Crippen molar-refractivity contribution in [2.24, 2.45) is 7.05 Å². The molecule has 0 saturated carbocycles. The van der Waals surface area contributed by atoms with E-state index in [0.29, 0.717) is 0 Å². The van der Waals surface area contributed by atoms with Crippen LogP contribution >= 0.6 is 23.2 Å². The minimum absolute atomic E-state index is 0.0127. The molecule has 0 unspecified atom stereocenters. The van der Waals surface area contributed by atoms with Crippen LogP contribution in [0.15, 0.2) is 42.6 Å². The Balaban J connectivity index is 1.79. The number of phenols is 1. The van der Waals surface area contributed by atoms with Crippen LogP contribution in [0.5, 0.6) is 5.75 Å². The number of alkyl halides is 3. The van der Waals surface area contributed by atoms with E-state index in [-0.39, 0.29) is 44.8 Å². The lowest BCUT2D eigenvalue weighted by molar-refractivity contribution is -0.713. The van der Waals surface area contributed by atoms with Crippen molar-refractivity contribution < 1.29 is 32.5 Å². The van der Waals surface area contributed by atoms with E-state index in [4.69, 9.17) is 23.2 Å². The SMILES string of the molecule is C[n+]1[nH]cc(C(=O)NCc2ccccc2C(F)(F)F)c1NC(=O)c1cc(Cl)c(O)c(Cl)c1. The quantitative estimate of drug-likeness (QED) is 0.408. The maximum Gasteiger partial charge on any atom is 0.416 e. The first-order valence-electron chi connectivity index (χ1n) is 8.99. The molecule has 4 N–H and O–H groups in total. The summed E-state index contributed by atoms with van der Waals surface area (Å²) in [5.41, 5.74) is -0.951. The van der Waals surface area contributed by atoms with Gasteiger partial charge in [0.25, 0.3) is 5.91 Å². The van der Waals surface area contributed by atoms with Crippen molar-refractivity contribution in [2.75, 3.05) is 5.32 Å². The number of carbonyl (C=O) groups excluding carboxylic acids is 2. The van der Waals surface area contributed by atoms with Crippen LogP contribution in [0, 0.1) is 0 Å². The fourth-order valence-corrected chi connectivity index (χ4v) is 3.38. The summed E-state index contributed by atoms with van der Waals surface area (Å²) in [5.74, 6) is -1.72. The van der Waals surface area contributed by atoms with Crippen LogP contribution in [0.3, 0.4) is 0 Å². The Bertz CT molecular complexity index is 1170. The second-order valence-electron chi connectivity index (χ2n) is 6.67. The molecule has 0 aliphatic carbocycles. The smallest absolute Gasteiger partial charge is 0.416 e. The maximum absolute atomic E-state index is 13.1. The molecule has 7 nitrogen and oxygen atoms in total. The number of nitrogens with zero attached hydrogens (tertiary/aromatic N) is 1. The molecule has 1 heterocycles. The van der Waals surface area contributed by atoms with Crippen LogP contribution in [-0.4, -0.2) is 22.0 Å². The average Bonchev–Trinajstić information content (AvgIpc) is 3.09. The van der Waals surface area contributed by atoms with Crippen molar-refractivity contribution in [1.29, 1.82) is 0 Å². The van der Waals surface area contributed by atoms with Gasteiger partial charge in [-0.05, 0) is 23.8 Å². The molecule has 3 aromatic rings. The molecule has 0 aliphatic heterocycles. The molecule has 2 aromatic carbocycles. The van der Waals surface area contributed by atoms with Crippen molar-refractivity contribution in [3.63, 3.8) is 0 Å². The van der Waals surface area contributed by atoms with Gasteiger partial charge in [0.15, 0.2) is 11.3 Å². The van der Waals surface area contributed by atoms with Gasteiger partial charge in [0.05, 0.1) is 27.4 Å². The summed E-state index contributed by atoms with van der Waals surface area (Å²) >= 11 is 11.7. The molecule has 1 aromatic heterocycles. The summed E-state index contributed by atoms with van der Waals surface area (Å²) in [4.78, 5) is 25.2. The van der Waals surface area contributed by atoms with Gasteiger partial charge in [-0.3, -0.25) is 4.79 Å². The van der Waals surface area contributed by atoms with Crippen molar-refractivity contribution >= 4 is 40.8 Å². The highest BCUT2D eigenvalue weighted by molar-refractivity contribution is 6.37. The zero-order chi connectivity index (χ0) is 23.6. The number of aromatic amines is 1. The van der Waals surface area contributed by atoms with Crippen molar-refractivity contribution in [3.05, 3.63) is 74.9 Å². The summed E-state index contributed by atoms with van der Waals surface area (Å²) in [6, 6.07) is 7.28. The fourth-order valence-electron chi connectivity index (χ4n) is 2.90. The molecule has 0 aliphatic rings. The molecule has 32 heavy (non-hydrogen) atoms. The number of nitrogens with one attached hydrogen (secondary N) is 3. The normalized spacial score (nSPS) is 11.3. The fraction of sp³-hybridized carbons (Fsp3) is 0.150. The van der Waals surface area contributed by atoms with E-state index in [2.05, 4.69) is 15.7 Å². The number of phenolic OH excluding ortho intramolecular Hbond substituents is 1. The highest BCUT2D eigenvalue weighted by atomic mass is 35.5. The van der Waals surface area contributed by atoms with Crippen LogP contribution in [0.25, 0.3) is 0 Å². The first-order valence-corrected chi connectivity index (χ1v) is 9.74. The Hall–Kier alpha value is -3.24. The Morgan fingerprint density at radius 3 is 2.38 bits per heavy atom. The van der Waals surface area contributed by atoms with E-state index in [1.54, 1.807) is 0 Å². The number of rotatable bonds is 5. The van der Waals surface area contributed by atoms with Crippen LogP contribution < -0.4 is 15.3 Å². The van der Waals surface area contributed by atoms with Gasteiger partial charge in [0.2, 0.25) is 0 Å². The molecular weight excluding hydrogens is 472 g/mol. The molecule has 3 rings (SSSR count). The number of aromatic hydroxyl groups is 1. The van der Waals surface area contributed by atoms with Crippen LogP contribution in [0.4, 0.5) is 19.0 Å². The van der Waals surface area contributed by atoms with Gasteiger partial charge >= 0.3 is 17.9 Å². The predicted octanol–water partition coefficient (Wildman–Crippen LogP) is 4.05. The van der Waals surface area contributed by atoms with E-state index < -0.39 is 23.6 Å². The number of hydrogen-bond acceptors (Lipinski definition) is 3. The topological polar surface area (TPSA) is 98.1 Å². The van der Waals surface area contributed by atoms with Gasteiger partial charge in [-0.2, -0.15) is 17.9 Å². The van der Waals surface area contributed by atoms with Gasteiger partial charge in [-0.15, -0.1) is 0 Å². The summed E-state index contributed by atoms with van der Waals surface area (Å²) in [6.45, 7) is -0.375. The molecule has 0 saturated heterocycles. The number of anilines is 1. The first-order chi connectivity index (χ1) is 15.0. The molecule has 2 amide bonds. The third kappa shape index (κ3) is 4.97. The summed E-state index contributed by atoms with van der Waals surface area (Å²) in [5, 5.41) is 17.0. The van der Waals surface area contributed by atoms with Crippen molar-refractivity contribution in [1.82, 2.24) is 10.4 Å². The van der Waals surface area contributed by atoms with Gasteiger partial charge in [0, 0.05) is 6.54 Å². The average molecular weight is 488 g/mol. The number of aromatic nitrogens is 2. The molecular formula is C20H16Cl2F3N4O3+. The molecule has 0 spiro atoms. The molecule has 12 heteroatoms. The lowest BCUT2D eigenvalue weighted by Crippen LogP contribution is -2.36. The Labute approximate surface area is 189 Å². The standard InChI is InChI=1S/C20H15Cl2F3N4O3/c1-29-17(28-18(31)11-6-14(21)16(30)15(22)7-11)12(9-27-29)19(32)26-8-10-4-2-3-5-13(10)20(23,24)25/h2-7,9H,8H2,1H3,(H3,26,27,28,30,31,32)/p+1. The highest BCUT2D eigenvalue weighted by Crippen LogP contribution is 2.33. The van der Waals surface area contributed by atoms with E-state index in [9.17, 15) is 27.9 Å². The zero-order valence-corrected chi connectivity index (χ0v) is 17.9. The third-order valence-corrected chi connectivity index (χ3v) is 5.09. The van der Waals surface area contributed by atoms with E-state index in [0.717, 1.165) is 6.07 Å². The van der Waals surface area contributed by atoms with Gasteiger partial charge in [-0.1, -0.05) is 41.4 Å². The van der Waals surface area contributed by atoms with Crippen LogP contribution in [0.1, 0.15) is 31.8 Å². The number of benzene rings is 2. The molecule has 0 bridgehead atoms. The van der Waals surface area contributed by atoms with E-state index in [1.165, 1.54) is 48.3 Å². The van der Waals surface area contributed by atoms with Crippen molar-refractivity contribution in [2.45, 2.75) is 12.7 Å². The van der Waals surface area contributed by atoms with E-state index in [1.807, 2.05) is 0 Å². The second kappa shape index (κ2) is 9.09. The van der Waals surface area contributed by atoms with E-state index >= 15 is 0 Å². The number of H-pyrrole nitrogens is 1. The summed E-state index contributed by atoms with van der Waals surface area (Å²) in [7, 11) is 1.52. The second-order valence-corrected chi connectivity index (χ2v) is 7.49. The molecule has 0 atom stereocenters. The van der Waals surface area contributed by atoms with Crippen LogP contribution in [-0.2, 0) is 19.8 Å². The molecule has 168 valence electrons. The molecule has 0 radical (unpaired) electrons. The molecule has 0 fully saturated rings. The lowest BCUT2D eigenvalue weighted by atomic mass is 10.1. The van der Waals surface area contributed by atoms with Crippen molar-refractivity contribution in [3.8, 4) is 5.75 Å². The minimum Gasteiger partial charge on any atom is -0.505 e. The lowest BCUT2D eigenvalue weighted by Gasteiger charge is -2.13. The largest absolute Gasteiger partial charge is 0.505 e. The maximum atomic E-state index is 13.1. The Morgan fingerprint density at radius 2 is 1.75 bits per heavy atom. The van der Waals surface area contributed by atoms with Gasteiger partial charge < -0.3 is 10.4 Å². The van der Waals surface area contributed by atoms with Gasteiger partial charge in [0.1, 0.15) is 7.05 Å². The Kier molecular flexibility index (Phi) is 6.65. The van der Waals surface area contributed by atoms with Crippen LogP contribution in [0.2, 0.25) is 10.0 Å². The number of hydrogen-bond donors (Lipinski definition) is 4. The minimum atomic E-state index is -4.56. The third-order valence-electron chi connectivity index (χ3n) is 4.51. The first kappa shape index (κ1) is 23.4. The summed E-state index contributed by atoms with van der Waals surface area (Å²) < 4.78 is 40.8. The van der Waals surface area contributed by atoms with Gasteiger partial charge in [-0.25, -0.2) is 15.2 Å². The summed E-state index contributed by atoms with van der Waals surface area (Å²) in [6.07, 6.45) is -3.27. The number of amides is 2. The number of aryl methyl sites for hydroxylation is 1. The number of halogens is 5. The zero-order valence-electron chi connectivity index (χ0n) is 16.3.